The number of esters is 1. The lowest BCUT2D eigenvalue weighted by molar-refractivity contribution is -0.143. The molecule has 1 aliphatic rings. The van der Waals surface area contributed by atoms with Gasteiger partial charge in [-0.15, -0.1) is 0 Å². The number of carbonyl (C=O) groups excluding carboxylic acids is 2. The number of carbonyl (C=O) groups is 2. The van der Waals surface area contributed by atoms with E-state index in [0.717, 1.165) is 52.4 Å². The molecule has 0 radical (unpaired) electrons. The van der Waals surface area contributed by atoms with Crippen molar-refractivity contribution in [2.24, 2.45) is 0 Å². The number of aromatic nitrogens is 2. The van der Waals surface area contributed by atoms with Crippen molar-refractivity contribution in [1.29, 1.82) is 0 Å². The first kappa shape index (κ1) is 23.7. The van der Waals surface area contributed by atoms with Crippen LogP contribution in [0.5, 0.6) is 0 Å². The van der Waals surface area contributed by atoms with E-state index in [1.807, 2.05) is 85.8 Å². The Morgan fingerprint density at radius 2 is 1.50 bits per heavy atom. The van der Waals surface area contributed by atoms with Crippen molar-refractivity contribution in [3.8, 4) is 22.4 Å². The number of ether oxygens (including phenoxy) is 2. The van der Waals surface area contributed by atoms with Crippen LogP contribution in [-0.4, -0.2) is 27.9 Å². The third-order valence-corrected chi connectivity index (χ3v) is 7.05. The van der Waals surface area contributed by atoms with Crippen LogP contribution in [0.1, 0.15) is 37.0 Å². The smallest absolute Gasteiger partial charge is 0.413 e. The molecule has 182 valence electrons. The summed E-state index contributed by atoms with van der Waals surface area (Å²) in [5, 5.41) is 2.71. The van der Waals surface area contributed by atoms with Crippen LogP contribution in [0.25, 0.3) is 22.4 Å². The van der Waals surface area contributed by atoms with Gasteiger partial charge in [0.25, 0.3) is 0 Å². The van der Waals surface area contributed by atoms with E-state index >= 15 is 0 Å². The molecule has 8 heteroatoms. The zero-order chi connectivity index (χ0) is 25.1. The molecule has 1 amide bonds. The molecule has 0 spiro atoms. The van der Waals surface area contributed by atoms with Gasteiger partial charge in [-0.25, -0.2) is 4.79 Å². The maximum Gasteiger partial charge on any atom is 0.413 e. The molecule has 1 fully saturated rings. The van der Waals surface area contributed by atoms with Gasteiger partial charge in [-0.1, -0.05) is 78.9 Å². The van der Waals surface area contributed by atoms with Crippen molar-refractivity contribution in [2.75, 3.05) is 12.4 Å². The molecule has 1 saturated carbocycles. The summed E-state index contributed by atoms with van der Waals surface area (Å²) in [4.78, 5) is 24.6. The third-order valence-electron chi connectivity index (χ3n) is 6.52. The van der Waals surface area contributed by atoms with Gasteiger partial charge in [0, 0.05) is 5.56 Å². The molecule has 0 bridgehead atoms. The summed E-state index contributed by atoms with van der Waals surface area (Å²) >= 11 is 1.02. The standard InChI is InChI=1S/C28H25N3O4S/c1-18(19-6-4-3-5-7-19)35-27(33)29-25-24(30-36-31-25)22-10-8-20(9-11-22)21-12-14-23(15-13-21)28(16-17-28)26(32)34-2/h3-15,18H,16-17H2,1-2H3,(H,29,31,33). The molecule has 7 nitrogen and oxygen atoms in total. The van der Waals surface area contributed by atoms with Crippen LogP contribution in [0.4, 0.5) is 10.6 Å². The number of benzene rings is 3. The van der Waals surface area contributed by atoms with E-state index in [0.29, 0.717) is 11.5 Å². The van der Waals surface area contributed by atoms with E-state index in [-0.39, 0.29) is 5.97 Å². The fourth-order valence-electron chi connectivity index (χ4n) is 4.27. The van der Waals surface area contributed by atoms with E-state index in [1.54, 1.807) is 0 Å². The molecule has 0 saturated heterocycles. The van der Waals surface area contributed by atoms with Gasteiger partial charge in [0.15, 0.2) is 5.82 Å². The van der Waals surface area contributed by atoms with Crippen LogP contribution in [0.3, 0.4) is 0 Å². The minimum Gasteiger partial charge on any atom is -0.468 e. The lowest BCUT2D eigenvalue weighted by Crippen LogP contribution is -2.21. The van der Waals surface area contributed by atoms with Gasteiger partial charge in [0.2, 0.25) is 0 Å². The number of methoxy groups -OCH3 is 1. The number of hydrogen-bond donors (Lipinski definition) is 1. The zero-order valence-electron chi connectivity index (χ0n) is 19.9. The SMILES string of the molecule is COC(=O)C1(c2ccc(-c3ccc(-c4nsnc4NC(=O)OC(C)c4ccccc4)cc3)cc2)CC1. The lowest BCUT2D eigenvalue weighted by Gasteiger charge is -2.14. The van der Waals surface area contributed by atoms with Crippen LogP contribution in [0, 0.1) is 0 Å². The van der Waals surface area contributed by atoms with Gasteiger partial charge in [0.05, 0.1) is 24.3 Å². The number of anilines is 1. The van der Waals surface area contributed by atoms with Gasteiger partial charge < -0.3 is 9.47 Å². The summed E-state index contributed by atoms with van der Waals surface area (Å²) in [7, 11) is 1.44. The summed E-state index contributed by atoms with van der Waals surface area (Å²) in [5.41, 5.74) is 4.91. The van der Waals surface area contributed by atoms with E-state index in [4.69, 9.17) is 9.47 Å². The topological polar surface area (TPSA) is 90.4 Å². The molecular formula is C28H25N3O4S. The van der Waals surface area contributed by atoms with Gasteiger partial charge in [-0.05, 0) is 42.0 Å². The number of rotatable bonds is 7. The maximum atomic E-state index is 12.5. The van der Waals surface area contributed by atoms with Crippen molar-refractivity contribution >= 4 is 29.6 Å². The zero-order valence-corrected chi connectivity index (χ0v) is 20.7. The van der Waals surface area contributed by atoms with Crippen molar-refractivity contribution in [1.82, 2.24) is 8.75 Å². The Bertz CT molecular complexity index is 1360. The van der Waals surface area contributed by atoms with Gasteiger partial charge in [-0.3, -0.25) is 10.1 Å². The first-order chi connectivity index (χ1) is 17.5. The molecule has 3 aromatic carbocycles. The normalized spacial score (nSPS) is 14.5. The highest BCUT2D eigenvalue weighted by Gasteiger charge is 2.52. The molecule has 1 atom stereocenters. The quantitative estimate of drug-likeness (QED) is 0.297. The summed E-state index contributed by atoms with van der Waals surface area (Å²) < 4.78 is 19.1. The average Bonchev–Trinajstić information content (AvgIpc) is 3.61. The van der Waals surface area contributed by atoms with E-state index in [2.05, 4.69) is 14.1 Å². The third kappa shape index (κ3) is 4.72. The molecule has 1 heterocycles. The monoisotopic (exact) mass is 499 g/mol. The van der Waals surface area contributed by atoms with Crippen LogP contribution in [0.15, 0.2) is 78.9 Å². The van der Waals surface area contributed by atoms with Crippen molar-refractivity contribution in [2.45, 2.75) is 31.3 Å². The highest BCUT2D eigenvalue weighted by Crippen LogP contribution is 2.49. The summed E-state index contributed by atoms with van der Waals surface area (Å²) in [6, 6.07) is 25.5. The summed E-state index contributed by atoms with van der Waals surface area (Å²) in [6.45, 7) is 1.82. The Hall–Kier alpha value is -4.04. The van der Waals surface area contributed by atoms with E-state index in [9.17, 15) is 9.59 Å². The average molecular weight is 500 g/mol. The second-order valence-electron chi connectivity index (χ2n) is 8.77. The minimum atomic E-state index is -0.586. The van der Waals surface area contributed by atoms with Crippen molar-refractivity contribution < 1.29 is 19.1 Å². The summed E-state index contributed by atoms with van der Waals surface area (Å²) in [5.74, 6) is 0.194. The Kier molecular flexibility index (Phi) is 6.52. The number of amides is 1. The second-order valence-corrected chi connectivity index (χ2v) is 9.30. The summed E-state index contributed by atoms with van der Waals surface area (Å²) in [6.07, 6.45) is 0.668. The van der Waals surface area contributed by atoms with Gasteiger partial charge >= 0.3 is 12.1 Å². The number of nitrogens with zero attached hydrogens (tertiary/aromatic N) is 2. The molecule has 1 N–H and O–H groups in total. The van der Waals surface area contributed by atoms with Crippen LogP contribution < -0.4 is 5.32 Å². The van der Waals surface area contributed by atoms with Crippen LogP contribution in [-0.2, 0) is 19.7 Å². The molecule has 36 heavy (non-hydrogen) atoms. The van der Waals surface area contributed by atoms with Crippen LogP contribution >= 0.6 is 11.7 Å². The maximum absolute atomic E-state index is 12.5. The van der Waals surface area contributed by atoms with E-state index < -0.39 is 17.6 Å². The fraction of sp³-hybridized carbons (Fsp3) is 0.214. The first-order valence-electron chi connectivity index (χ1n) is 11.6. The van der Waals surface area contributed by atoms with Crippen molar-refractivity contribution in [3.05, 3.63) is 90.0 Å². The molecular weight excluding hydrogens is 474 g/mol. The van der Waals surface area contributed by atoms with Gasteiger partial charge in [0.1, 0.15) is 11.8 Å². The molecule has 5 rings (SSSR count). The highest BCUT2D eigenvalue weighted by atomic mass is 32.1. The molecule has 1 unspecified atom stereocenters. The molecule has 0 aliphatic heterocycles. The Morgan fingerprint density at radius 1 is 0.889 bits per heavy atom. The number of hydrogen-bond acceptors (Lipinski definition) is 7. The second kappa shape index (κ2) is 9.91. The Labute approximate surface area is 213 Å². The molecule has 1 aromatic heterocycles. The largest absolute Gasteiger partial charge is 0.468 e. The first-order valence-corrected chi connectivity index (χ1v) is 12.4. The highest BCUT2D eigenvalue weighted by molar-refractivity contribution is 6.99. The van der Waals surface area contributed by atoms with Gasteiger partial charge in [-0.2, -0.15) is 8.75 Å². The predicted octanol–water partition coefficient (Wildman–Crippen LogP) is 6.39. The predicted molar refractivity (Wildman–Crippen MR) is 139 cm³/mol. The van der Waals surface area contributed by atoms with E-state index in [1.165, 1.54) is 7.11 Å². The van der Waals surface area contributed by atoms with Crippen molar-refractivity contribution in [3.63, 3.8) is 0 Å². The minimum absolute atomic E-state index is 0.167. The lowest BCUT2D eigenvalue weighted by atomic mass is 9.93. The number of nitrogens with one attached hydrogen (secondary N) is 1. The molecule has 4 aromatic rings. The fourth-order valence-corrected chi connectivity index (χ4v) is 4.80. The van der Waals surface area contributed by atoms with Crippen LogP contribution in [0.2, 0.25) is 0 Å². The Balaban J connectivity index is 1.27. The Morgan fingerprint density at radius 3 is 2.11 bits per heavy atom. The molecule has 1 aliphatic carbocycles.